The number of aromatic nitrogens is 2. The van der Waals surface area contributed by atoms with Crippen LogP contribution in [0.25, 0.3) is 0 Å². The fraction of sp³-hybridized carbons (Fsp3) is 0.571. The summed E-state index contributed by atoms with van der Waals surface area (Å²) in [5.74, 6) is 4.92. The van der Waals surface area contributed by atoms with E-state index in [1.54, 1.807) is 0 Å². The summed E-state index contributed by atoms with van der Waals surface area (Å²) < 4.78 is 5.64. The average Bonchev–Trinajstić information content (AvgIpc) is 2.33. The van der Waals surface area contributed by atoms with E-state index in [4.69, 9.17) is 11.2 Å². The van der Waals surface area contributed by atoms with Crippen molar-refractivity contribution in [1.82, 2.24) is 9.97 Å². The lowest BCUT2D eigenvalue weighted by atomic mass is 10.2. The van der Waals surface area contributed by atoms with Gasteiger partial charge in [-0.2, -0.15) is 4.98 Å². The van der Waals surface area contributed by atoms with E-state index in [0.29, 0.717) is 5.88 Å². The first-order valence-corrected chi connectivity index (χ1v) is 6.24. The zero-order valence-corrected chi connectivity index (χ0v) is 11.7. The molecule has 0 bridgehead atoms. The lowest BCUT2D eigenvalue weighted by Gasteiger charge is -2.16. The molecular formula is C14H21N3O. The molecule has 18 heavy (non-hydrogen) atoms. The van der Waals surface area contributed by atoms with Crippen LogP contribution in [0.5, 0.6) is 5.88 Å². The Labute approximate surface area is 109 Å². The van der Waals surface area contributed by atoms with Crippen LogP contribution in [0, 0.1) is 19.3 Å². The van der Waals surface area contributed by atoms with E-state index in [2.05, 4.69) is 35.1 Å². The van der Waals surface area contributed by atoms with Crippen molar-refractivity contribution < 1.29 is 4.74 Å². The molecule has 0 saturated heterocycles. The standard InChI is InChI=1S/C14H21N3O/c1-7-10(5)18-14-11(6)13(15-8-2)16-12(17-14)9(3)4/h1,9-10H,8H2,2-6H3,(H,15,16,17). The maximum atomic E-state index is 5.64. The van der Waals surface area contributed by atoms with Gasteiger partial charge < -0.3 is 10.1 Å². The van der Waals surface area contributed by atoms with Gasteiger partial charge in [0.15, 0.2) is 6.10 Å². The molecule has 4 nitrogen and oxygen atoms in total. The largest absolute Gasteiger partial charge is 0.461 e. The lowest BCUT2D eigenvalue weighted by Crippen LogP contribution is -2.14. The lowest BCUT2D eigenvalue weighted by molar-refractivity contribution is 0.264. The summed E-state index contributed by atoms with van der Waals surface area (Å²) in [5, 5.41) is 3.22. The molecular weight excluding hydrogens is 226 g/mol. The van der Waals surface area contributed by atoms with Gasteiger partial charge in [-0.1, -0.05) is 19.8 Å². The van der Waals surface area contributed by atoms with Crippen LogP contribution >= 0.6 is 0 Å². The van der Waals surface area contributed by atoms with Crippen molar-refractivity contribution in [3.05, 3.63) is 11.4 Å². The number of hydrogen-bond donors (Lipinski definition) is 1. The maximum absolute atomic E-state index is 5.64. The molecule has 0 aliphatic heterocycles. The molecule has 0 amide bonds. The van der Waals surface area contributed by atoms with Crippen LogP contribution in [-0.4, -0.2) is 22.6 Å². The van der Waals surface area contributed by atoms with E-state index in [1.807, 2.05) is 20.8 Å². The Morgan fingerprint density at radius 3 is 2.50 bits per heavy atom. The SMILES string of the molecule is C#CC(C)Oc1nc(C(C)C)nc(NCC)c1C. The molecule has 1 aromatic rings. The molecule has 0 aliphatic carbocycles. The summed E-state index contributed by atoms with van der Waals surface area (Å²) >= 11 is 0. The van der Waals surface area contributed by atoms with Crippen molar-refractivity contribution in [3.63, 3.8) is 0 Å². The normalized spacial score (nSPS) is 12.1. The van der Waals surface area contributed by atoms with Crippen molar-refractivity contribution in [3.8, 4) is 18.2 Å². The number of terminal acetylenes is 1. The van der Waals surface area contributed by atoms with Gasteiger partial charge in [-0.25, -0.2) is 4.98 Å². The zero-order valence-electron chi connectivity index (χ0n) is 11.7. The van der Waals surface area contributed by atoms with Crippen molar-refractivity contribution in [2.24, 2.45) is 0 Å². The molecule has 0 spiro atoms. The van der Waals surface area contributed by atoms with Gasteiger partial charge in [0.05, 0.1) is 5.56 Å². The van der Waals surface area contributed by atoms with Crippen LogP contribution in [0.2, 0.25) is 0 Å². The average molecular weight is 247 g/mol. The summed E-state index contributed by atoms with van der Waals surface area (Å²) in [5.41, 5.74) is 0.892. The quantitative estimate of drug-likeness (QED) is 0.813. The van der Waals surface area contributed by atoms with Crippen molar-refractivity contribution in [1.29, 1.82) is 0 Å². The highest BCUT2D eigenvalue weighted by Gasteiger charge is 2.15. The highest BCUT2D eigenvalue weighted by molar-refractivity contribution is 5.48. The molecule has 0 saturated carbocycles. The fourth-order valence-corrected chi connectivity index (χ4v) is 1.43. The number of nitrogens with zero attached hydrogens (tertiary/aromatic N) is 2. The van der Waals surface area contributed by atoms with E-state index < -0.39 is 0 Å². The maximum Gasteiger partial charge on any atom is 0.223 e. The summed E-state index contributed by atoms with van der Waals surface area (Å²) in [6, 6.07) is 0. The van der Waals surface area contributed by atoms with Crippen molar-refractivity contribution >= 4 is 5.82 Å². The van der Waals surface area contributed by atoms with Crippen molar-refractivity contribution in [2.45, 2.75) is 46.6 Å². The first-order valence-electron chi connectivity index (χ1n) is 6.24. The first-order chi connectivity index (χ1) is 8.49. The minimum absolute atomic E-state index is 0.242. The smallest absolute Gasteiger partial charge is 0.223 e. The molecule has 0 fully saturated rings. The molecule has 1 N–H and O–H groups in total. The second kappa shape index (κ2) is 6.25. The highest BCUT2D eigenvalue weighted by Crippen LogP contribution is 2.25. The molecule has 0 radical (unpaired) electrons. The van der Waals surface area contributed by atoms with Crippen molar-refractivity contribution in [2.75, 3.05) is 11.9 Å². The topological polar surface area (TPSA) is 47.0 Å². The molecule has 98 valence electrons. The number of anilines is 1. The van der Waals surface area contributed by atoms with Gasteiger partial charge in [-0.15, -0.1) is 6.42 Å². The summed E-state index contributed by atoms with van der Waals surface area (Å²) in [6.07, 6.45) is 5.03. The van der Waals surface area contributed by atoms with Gasteiger partial charge in [-0.3, -0.25) is 0 Å². The molecule has 4 heteroatoms. The van der Waals surface area contributed by atoms with Gasteiger partial charge in [0, 0.05) is 12.5 Å². The predicted molar refractivity (Wildman–Crippen MR) is 73.9 cm³/mol. The Hall–Kier alpha value is -1.76. The molecule has 1 atom stereocenters. The van der Waals surface area contributed by atoms with Gasteiger partial charge in [-0.05, 0) is 20.8 Å². The predicted octanol–water partition coefficient (Wildman–Crippen LogP) is 2.74. The first kappa shape index (κ1) is 14.3. The third-order valence-electron chi connectivity index (χ3n) is 2.50. The second-order valence-corrected chi connectivity index (χ2v) is 4.47. The van der Waals surface area contributed by atoms with E-state index in [9.17, 15) is 0 Å². The zero-order chi connectivity index (χ0) is 13.7. The van der Waals surface area contributed by atoms with Crippen LogP contribution in [-0.2, 0) is 0 Å². The monoisotopic (exact) mass is 247 g/mol. The van der Waals surface area contributed by atoms with Crippen LogP contribution in [0.4, 0.5) is 5.82 Å². The van der Waals surface area contributed by atoms with E-state index in [-0.39, 0.29) is 12.0 Å². The Bertz CT molecular complexity index is 449. The number of rotatable bonds is 5. The Morgan fingerprint density at radius 1 is 1.33 bits per heavy atom. The minimum atomic E-state index is -0.298. The molecule has 1 rings (SSSR count). The fourth-order valence-electron chi connectivity index (χ4n) is 1.43. The molecule has 1 heterocycles. The molecule has 0 aromatic carbocycles. The van der Waals surface area contributed by atoms with E-state index in [1.165, 1.54) is 0 Å². The Balaban J connectivity index is 3.18. The minimum Gasteiger partial charge on any atom is -0.461 e. The second-order valence-electron chi connectivity index (χ2n) is 4.47. The molecule has 1 unspecified atom stereocenters. The van der Waals surface area contributed by atoms with Gasteiger partial charge >= 0.3 is 0 Å². The molecule has 1 aromatic heterocycles. The van der Waals surface area contributed by atoms with Gasteiger partial charge in [0.2, 0.25) is 5.88 Å². The van der Waals surface area contributed by atoms with E-state index in [0.717, 1.165) is 23.8 Å². The van der Waals surface area contributed by atoms with E-state index >= 15 is 0 Å². The van der Waals surface area contributed by atoms with Crippen LogP contribution in [0.3, 0.4) is 0 Å². The Morgan fingerprint density at radius 2 is 2.00 bits per heavy atom. The van der Waals surface area contributed by atoms with Gasteiger partial charge in [0.25, 0.3) is 0 Å². The summed E-state index contributed by atoms with van der Waals surface area (Å²) in [7, 11) is 0. The highest BCUT2D eigenvalue weighted by atomic mass is 16.5. The van der Waals surface area contributed by atoms with Crippen LogP contribution in [0.1, 0.15) is 45.0 Å². The summed E-state index contributed by atoms with van der Waals surface area (Å²) in [6.45, 7) is 10.7. The third-order valence-corrected chi connectivity index (χ3v) is 2.50. The van der Waals surface area contributed by atoms with Crippen LogP contribution < -0.4 is 10.1 Å². The Kier molecular flexibility index (Phi) is 4.96. The van der Waals surface area contributed by atoms with Crippen LogP contribution in [0.15, 0.2) is 0 Å². The molecule has 0 aliphatic rings. The summed E-state index contributed by atoms with van der Waals surface area (Å²) in [4.78, 5) is 8.94. The third kappa shape index (κ3) is 3.36. The number of nitrogens with one attached hydrogen (secondary N) is 1. The number of ether oxygens (including phenoxy) is 1. The number of hydrogen-bond acceptors (Lipinski definition) is 4. The van der Waals surface area contributed by atoms with Gasteiger partial charge in [0.1, 0.15) is 11.6 Å².